The van der Waals surface area contributed by atoms with E-state index in [1.807, 2.05) is 6.07 Å². The normalized spacial score (nSPS) is 10.1. The largest absolute Gasteiger partial charge is 0.482 e. The molecular formula is C20H16N2O6. The van der Waals surface area contributed by atoms with Crippen LogP contribution in [0, 0.1) is 0 Å². The monoisotopic (exact) mass is 380 g/mol. The Morgan fingerprint density at radius 1 is 0.893 bits per heavy atom. The molecular weight excluding hydrogens is 364 g/mol. The smallest absolute Gasteiger partial charge is 0.344 e. The molecule has 0 fully saturated rings. The molecule has 3 rings (SSSR count). The molecule has 0 saturated heterocycles. The predicted octanol–water partition coefficient (Wildman–Crippen LogP) is 2.47. The van der Waals surface area contributed by atoms with Gasteiger partial charge >= 0.3 is 5.97 Å². The number of ether oxygens (including phenoxy) is 2. The van der Waals surface area contributed by atoms with Crippen molar-refractivity contribution in [1.82, 2.24) is 5.16 Å². The Morgan fingerprint density at radius 2 is 1.61 bits per heavy atom. The minimum Gasteiger partial charge on any atom is -0.482 e. The van der Waals surface area contributed by atoms with Crippen LogP contribution < -0.4 is 10.1 Å². The molecule has 28 heavy (non-hydrogen) atoms. The van der Waals surface area contributed by atoms with Crippen molar-refractivity contribution in [2.24, 2.45) is 0 Å². The molecule has 142 valence electrons. The Kier molecular flexibility index (Phi) is 6.14. The van der Waals surface area contributed by atoms with Crippen molar-refractivity contribution in [2.45, 2.75) is 0 Å². The van der Waals surface area contributed by atoms with E-state index in [-0.39, 0.29) is 18.2 Å². The first kappa shape index (κ1) is 18.8. The highest BCUT2D eigenvalue weighted by molar-refractivity contribution is 6.09. The molecule has 1 amide bonds. The topological polar surface area (TPSA) is 108 Å². The summed E-state index contributed by atoms with van der Waals surface area (Å²) >= 11 is 0. The van der Waals surface area contributed by atoms with Gasteiger partial charge in [0, 0.05) is 17.2 Å². The highest BCUT2D eigenvalue weighted by Gasteiger charge is 2.11. The Bertz CT molecular complexity index is 937. The number of hydrogen-bond donors (Lipinski definition) is 1. The molecule has 0 saturated carbocycles. The number of carbonyl (C=O) groups is 3. The van der Waals surface area contributed by atoms with Crippen molar-refractivity contribution < 1.29 is 28.4 Å². The molecule has 8 heteroatoms. The maximum absolute atomic E-state index is 12.3. The second kappa shape index (κ2) is 9.13. The fourth-order valence-corrected chi connectivity index (χ4v) is 2.24. The highest BCUT2D eigenvalue weighted by atomic mass is 16.6. The Morgan fingerprint density at radius 3 is 2.29 bits per heavy atom. The Balaban J connectivity index is 1.43. The molecule has 0 aliphatic heterocycles. The zero-order chi connectivity index (χ0) is 19.8. The molecule has 0 atom stereocenters. The number of anilines is 1. The third-order valence-corrected chi connectivity index (χ3v) is 3.58. The van der Waals surface area contributed by atoms with Crippen LogP contribution in [0.2, 0.25) is 0 Å². The van der Waals surface area contributed by atoms with Crippen molar-refractivity contribution in [3.63, 3.8) is 0 Å². The first-order valence-corrected chi connectivity index (χ1v) is 8.30. The summed E-state index contributed by atoms with van der Waals surface area (Å²) in [7, 11) is 0. The average molecular weight is 380 g/mol. The highest BCUT2D eigenvalue weighted by Crippen LogP contribution is 2.15. The van der Waals surface area contributed by atoms with Crippen LogP contribution in [0.3, 0.4) is 0 Å². The van der Waals surface area contributed by atoms with Gasteiger partial charge in [-0.15, -0.1) is 0 Å². The molecule has 0 aliphatic rings. The lowest BCUT2D eigenvalue weighted by atomic mass is 10.0. The van der Waals surface area contributed by atoms with Gasteiger partial charge in [0.2, 0.25) is 0 Å². The molecule has 1 N–H and O–H groups in total. The van der Waals surface area contributed by atoms with Gasteiger partial charge in [0.1, 0.15) is 12.0 Å². The van der Waals surface area contributed by atoms with Crippen LogP contribution in [-0.4, -0.2) is 36.0 Å². The van der Waals surface area contributed by atoms with E-state index in [0.29, 0.717) is 16.9 Å². The average Bonchev–Trinajstić information content (AvgIpc) is 3.24. The summed E-state index contributed by atoms with van der Waals surface area (Å²) < 4.78 is 14.7. The second-order valence-electron chi connectivity index (χ2n) is 5.60. The summed E-state index contributed by atoms with van der Waals surface area (Å²) in [5, 5.41) is 5.89. The summed E-state index contributed by atoms with van der Waals surface area (Å²) in [5.74, 6) is -0.744. The van der Waals surface area contributed by atoms with Crippen LogP contribution in [0.4, 0.5) is 5.82 Å². The number of ketones is 1. The number of amides is 1. The fraction of sp³-hybridized carbons (Fsp3) is 0.100. The first-order valence-electron chi connectivity index (χ1n) is 8.30. The number of nitrogens with zero attached hydrogens (tertiary/aromatic N) is 1. The molecule has 1 heterocycles. The van der Waals surface area contributed by atoms with Crippen molar-refractivity contribution in [1.29, 1.82) is 0 Å². The number of hydrogen-bond acceptors (Lipinski definition) is 7. The van der Waals surface area contributed by atoms with Crippen molar-refractivity contribution in [2.75, 3.05) is 18.5 Å². The maximum Gasteiger partial charge on any atom is 0.344 e. The van der Waals surface area contributed by atoms with E-state index in [1.165, 1.54) is 12.3 Å². The van der Waals surface area contributed by atoms with Gasteiger partial charge in [0.25, 0.3) is 5.91 Å². The molecule has 0 aliphatic carbocycles. The van der Waals surface area contributed by atoms with Crippen molar-refractivity contribution in [3.05, 3.63) is 78.1 Å². The SMILES string of the molecule is O=C(COC(=O)COc1ccc(C(=O)c2ccccc2)cc1)Nc1ccon1. The number of aromatic nitrogens is 1. The summed E-state index contributed by atoms with van der Waals surface area (Å²) in [5.41, 5.74) is 1.09. The Labute approximate surface area is 160 Å². The summed E-state index contributed by atoms with van der Waals surface area (Å²) in [6.07, 6.45) is 1.30. The molecule has 8 nitrogen and oxygen atoms in total. The van der Waals surface area contributed by atoms with E-state index in [2.05, 4.69) is 15.0 Å². The van der Waals surface area contributed by atoms with Crippen LogP contribution in [0.5, 0.6) is 5.75 Å². The van der Waals surface area contributed by atoms with Crippen LogP contribution >= 0.6 is 0 Å². The lowest BCUT2D eigenvalue weighted by Crippen LogP contribution is -2.23. The van der Waals surface area contributed by atoms with Crippen LogP contribution in [0.1, 0.15) is 15.9 Å². The molecule has 3 aromatic rings. The molecule has 0 radical (unpaired) electrons. The van der Waals surface area contributed by atoms with E-state index < -0.39 is 18.5 Å². The van der Waals surface area contributed by atoms with Gasteiger partial charge in [-0.25, -0.2) is 4.79 Å². The Hall–Kier alpha value is -3.94. The lowest BCUT2D eigenvalue weighted by molar-refractivity contribution is -0.149. The molecule has 1 aromatic heterocycles. The maximum atomic E-state index is 12.3. The van der Waals surface area contributed by atoms with Gasteiger partial charge < -0.3 is 19.3 Å². The molecule has 0 spiro atoms. The third kappa shape index (κ3) is 5.28. The van der Waals surface area contributed by atoms with Crippen molar-refractivity contribution >= 4 is 23.5 Å². The van der Waals surface area contributed by atoms with Crippen LogP contribution in [0.15, 0.2) is 71.4 Å². The van der Waals surface area contributed by atoms with Gasteiger partial charge in [-0.3, -0.25) is 9.59 Å². The van der Waals surface area contributed by atoms with E-state index in [4.69, 9.17) is 9.47 Å². The van der Waals surface area contributed by atoms with E-state index in [0.717, 1.165) is 0 Å². The third-order valence-electron chi connectivity index (χ3n) is 3.58. The number of carbonyl (C=O) groups excluding carboxylic acids is 3. The van der Waals surface area contributed by atoms with Gasteiger partial charge in [0.05, 0.1) is 0 Å². The first-order chi connectivity index (χ1) is 13.6. The molecule has 0 bridgehead atoms. The lowest BCUT2D eigenvalue weighted by Gasteiger charge is -2.07. The summed E-state index contributed by atoms with van der Waals surface area (Å²) in [6, 6.07) is 16.7. The number of esters is 1. The minimum absolute atomic E-state index is 0.107. The number of nitrogens with one attached hydrogen (secondary N) is 1. The van der Waals surface area contributed by atoms with E-state index in [9.17, 15) is 14.4 Å². The van der Waals surface area contributed by atoms with Gasteiger partial charge in [-0.05, 0) is 24.3 Å². The zero-order valence-electron chi connectivity index (χ0n) is 14.7. The van der Waals surface area contributed by atoms with Crippen molar-refractivity contribution in [3.8, 4) is 5.75 Å². The van der Waals surface area contributed by atoms with Crippen LogP contribution in [0.25, 0.3) is 0 Å². The summed E-state index contributed by atoms with van der Waals surface area (Å²) in [4.78, 5) is 35.6. The van der Waals surface area contributed by atoms with Crippen LogP contribution in [-0.2, 0) is 14.3 Å². The van der Waals surface area contributed by atoms with E-state index in [1.54, 1.807) is 48.5 Å². The molecule has 2 aromatic carbocycles. The fourth-order valence-electron chi connectivity index (χ4n) is 2.24. The standard InChI is InChI=1S/C20H16N2O6/c23-18(21-17-10-11-28-22-17)12-27-19(24)13-26-16-8-6-15(7-9-16)20(25)14-4-2-1-3-5-14/h1-11H,12-13H2,(H,21,22,23). The van der Waals surface area contributed by atoms with Gasteiger partial charge in [-0.1, -0.05) is 35.5 Å². The van der Waals surface area contributed by atoms with E-state index >= 15 is 0 Å². The number of rotatable bonds is 8. The number of benzene rings is 2. The quantitative estimate of drug-likeness (QED) is 0.472. The predicted molar refractivity (Wildman–Crippen MR) is 97.9 cm³/mol. The second-order valence-corrected chi connectivity index (χ2v) is 5.60. The van der Waals surface area contributed by atoms with Gasteiger partial charge in [-0.2, -0.15) is 0 Å². The minimum atomic E-state index is -0.709. The zero-order valence-corrected chi connectivity index (χ0v) is 14.7. The van der Waals surface area contributed by atoms with Gasteiger partial charge in [0.15, 0.2) is 24.8 Å². The molecule has 0 unspecified atom stereocenters. The summed E-state index contributed by atoms with van der Waals surface area (Å²) in [6.45, 7) is -0.844.